The van der Waals surface area contributed by atoms with Gasteiger partial charge in [-0.25, -0.2) is 0 Å². The molecule has 2 rings (SSSR count). The number of ether oxygens (including phenoxy) is 1. The largest absolute Gasteiger partial charge is 0.381 e. The topological polar surface area (TPSA) is 74.2 Å². The van der Waals surface area contributed by atoms with Gasteiger partial charge in [-0.1, -0.05) is 19.0 Å². The highest BCUT2D eigenvalue weighted by atomic mass is 16.5. The highest BCUT2D eigenvalue weighted by Gasteiger charge is 2.25. The van der Waals surface area contributed by atoms with E-state index >= 15 is 0 Å². The highest BCUT2D eigenvalue weighted by Crippen LogP contribution is 2.26. The molecule has 0 radical (unpaired) electrons. The monoisotopic (exact) mass is 239 g/mol. The van der Waals surface area contributed by atoms with Gasteiger partial charge >= 0.3 is 0 Å². The molecule has 1 aromatic rings. The van der Waals surface area contributed by atoms with E-state index in [1.54, 1.807) is 0 Å². The summed E-state index contributed by atoms with van der Waals surface area (Å²) in [7, 11) is 0. The lowest BCUT2D eigenvalue weighted by Crippen LogP contribution is -2.15. The van der Waals surface area contributed by atoms with Crippen LogP contribution < -0.4 is 5.73 Å². The van der Waals surface area contributed by atoms with E-state index in [2.05, 4.69) is 24.0 Å². The molecule has 0 saturated carbocycles. The Morgan fingerprint density at radius 3 is 2.88 bits per heavy atom. The first-order chi connectivity index (χ1) is 8.20. The van der Waals surface area contributed by atoms with Gasteiger partial charge in [0.1, 0.15) is 0 Å². The first-order valence-corrected chi connectivity index (χ1v) is 6.32. The molecule has 96 valence electrons. The van der Waals surface area contributed by atoms with Crippen LogP contribution in [0.4, 0.5) is 0 Å². The van der Waals surface area contributed by atoms with Crippen LogP contribution in [0.1, 0.15) is 50.2 Å². The molecule has 2 atom stereocenters. The van der Waals surface area contributed by atoms with E-state index in [0.717, 1.165) is 25.3 Å². The number of aromatic nitrogens is 2. The first kappa shape index (κ1) is 12.5. The van der Waals surface area contributed by atoms with Crippen molar-refractivity contribution in [3.63, 3.8) is 0 Å². The summed E-state index contributed by atoms with van der Waals surface area (Å²) < 4.78 is 10.7. The Morgan fingerprint density at radius 2 is 2.29 bits per heavy atom. The average Bonchev–Trinajstić information content (AvgIpc) is 2.95. The third-order valence-electron chi connectivity index (χ3n) is 3.14. The van der Waals surface area contributed by atoms with Crippen molar-refractivity contribution in [3.05, 3.63) is 11.7 Å². The van der Waals surface area contributed by atoms with Crippen LogP contribution in [0.5, 0.6) is 0 Å². The fraction of sp³-hybridized carbons (Fsp3) is 0.833. The Morgan fingerprint density at radius 1 is 1.47 bits per heavy atom. The van der Waals surface area contributed by atoms with Gasteiger partial charge in [0, 0.05) is 19.1 Å². The minimum atomic E-state index is 0.179. The third-order valence-corrected chi connectivity index (χ3v) is 3.14. The zero-order valence-electron chi connectivity index (χ0n) is 10.6. The SMILES string of the molecule is CC(C)CC(CN)c1nc(C2CCOC2)no1. The van der Waals surface area contributed by atoms with Crippen LogP contribution in [-0.2, 0) is 4.74 Å². The van der Waals surface area contributed by atoms with Crippen LogP contribution in [0.2, 0.25) is 0 Å². The van der Waals surface area contributed by atoms with Crippen LogP contribution in [0, 0.1) is 5.92 Å². The van der Waals surface area contributed by atoms with E-state index in [-0.39, 0.29) is 5.92 Å². The molecule has 0 amide bonds. The molecule has 1 aliphatic heterocycles. The van der Waals surface area contributed by atoms with Gasteiger partial charge in [0.05, 0.1) is 12.5 Å². The number of hydrogen-bond donors (Lipinski definition) is 1. The molecule has 5 heteroatoms. The van der Waals surface area contributed by atoms with Crippen molar-refractivity contribution >= 4 is 0 Å². The zero-order chi connectivity index (χ0) is 12.3. The molecule has 1 aliphatic rings. The quantitative estimate of drug-likeness (QED) is 0.845. The smallest absolute Gasteiger partial charge is 0.231 e. The van der Waals surface area contributed by atoms with Crippen molar-refractivity contribution in [1.82, 2.24) is 10.1 Å². The lowest BCUT2D eigenvalue weighted by atomic mass is 9.97. The standard InChI is InChI=1S/C12H21N3O2/c1-8(2)5-10(6-13)12-14-11(15-17-12)9-3-4-16-7-9/h8-10H,3-7,13H2,1-2H3. The van der Waals surface area contributed by atoms with Gasteiger partial charge in [0.15, 0.2) is 5.82 Å². The Labute approximate surface area is 102 Å². The van der Waals surface area contributed by atoms with E-state index in [0.29, 0.717) is 30.9 Å². The van der Waals surface area contributed by atoms with E-state index in [1.165, 1.54) is 0 Å². The van der Waals surface area contributed by atoms with Crippen LogP contribution in [0.25, 0.3) is 0 Å². The second kappa shape index (κ2) is 5.60. The van der Waals surface area contributed by atoms with Crippen LogP contribution in [0.3, 0.4) is 0 Å². The predicted molar refractivity (Wildman–Crippen MR) is 63.7 cm³/mol. The molecular formula is C12H21N3O2. The van der Waals surface area contributed by atoms with E-state index in [1.807, 2.05) is 0 Å². The number of hydrogen-bond acceptors (Lipinski definition) is 5. The molecule has 1 saturated heterocycles. The zero-order valence-corrected chi connectivity index (χ0v) is 10.6. The minimum Gasteiger partial charge on any atom is -0.381 e. The number of nitrogens with two attached hydrogens (primary N) is 1. The number of rotatable bonds is 5. The van der Waals surface area contributed by atoms with Gasteiger partial charge in [0.2, 0.25) is 5.89 Å². The fourth-order valence-electron chi connectivity index (χ4n) is 2.18. The van der Waals surface area contributed by atoms with Crippen molar-refractivity contribution in [1.29, 1.82) is 0 Å². The molecule has 2 heterocycles. The molecule has 17 heavy (non-hydrogen) atoms. The molecular weight excluding hydrogens is 218 g/mol. The van der Waals surface area contributed by atoms with Crippen molar-refractivity contribution in [2.45, 2.75) is 38.5 Å². The van der Waals surface area contributed by atoms with Gasteiger partial charge < -0.3 is 15.0 Å². The molecule has 0 aromatic carbocycles. The third kappa shape index (κ3) is 3.04. The summed E-state index contributed by atoms with van der Waals surface area (Å²) in [4.78, 5) is 4.48. The maximum Gasteiger partial charge on any atom is 0.231 e. The molecule has 0 aliphatic carbocycles. The van der Waals surface area contributed by atoms with Crippen molar-refractivity contribution in [2.75, 3.05) is 19.8 Å². The van der Waals surface area contributed by atoms with Gasteiger partial charge in [0.25, 0.3) is 0 Å². The summed E-state index contributed by atoms with van der Waals surface area (Å²) in [6, 6.07) is 0. The second-order valence-corrected chi connectivity index (χ2v) is 5.11. The van der Waals surface area contributed by atoms with Gasteiger partial charge in [-0.2, -0.15) is 4.98 Å². The molecule has 2 unspecified atom stereocenters. The lowest BCUT2D eigenvalue weighted by Gasteiger charge is -2.12. The highest BCUT2D eigenvalue weighted by molar-refractivity contribution is 5.01. The summed E-state index contributed by atoms with van der Waals surface area (Å²) in [5, 5.41) is 4.05. The lowest BCUT2D eigenvalue weighted by molar-refractivity contribution is 0.192. The summed E-state index contributed by atoms with van der Waals surface area (Å²) in [5.74, 6) is 2.51. The maximum atomic E-state index is 5.76. The number of nitrogens with zero attached hydrogens (tertiary/aromatic N) is 2. The van der Waals surface area contributed by atoms with Gasteiger partial charge in [-0.05, 0) is 18.8 Å². The van der Waals surface area contributed by atoms with Crippen LogP contribution in [0.15, 0.2) is 4.52 Å². The Balaban J connectivity index is 2.04. The van der Waals surface area contributed by atoms with Gasteiger partial charge in [-0.15, -0.1) is 0 Å². The summed E-state index contributed by atoms with van der Waals surface area (Å²) in [6.45, 7) is 6.40. The van der Waals surface area contributed by atoms with Crippen LogP contribution >= 0.6 is 0 Å². The Hall–Kier alpha value is -0.940. The summed E-state index contributed by atoms with van der Waals surface area (Å²) in [6.07, 6.45) is 1.97. The maximum absolute atomic E-state index is 5.76. The minimum absolute atomic E-state index is 0.179. The predicted octanol–water partition coefficient (Wildman–Crippen LogP) is 1.66. The Bertz CT molecular complexity index is 345. The molecule has 2 N–H and O–H groups in total. The van der Waals surface area contributed by atoms with E-state index in [4.69, 9.17) is 15.0 Å². The van der Waals surface area contributed by atoms with E-state index < -0.39 is 0 Å². The first-order valence-electron chi connectivity index (χ1n) is 6.32. The van der Waals surface area contributed by atoms with Crippen molar-refractivity contribution in [3.8, 4) is 0 Å². The van der Waals surface area contributed by atoms with Gasteiger partial charge in [-0.3, -0.25) is 0 Å². The summed E-state index contributed by atoms with van der Waals surface area (Å²) in [5.41, 5.74) is 5.76. The Kier molecular flexibility index (Phi) is 4.12. The summed E-state index contributed by atoms with van der Waals surface area (Å²) >= 11 is 0. The van der Waals surface area contributed by atoms with Crippen molar-refractivity contribution in [2.24, 2.45) is 11.7 Å². The molecule has 1 aromatic heterocycles. The average molecular weight is 239 g/mol. The molecule has 0 spiro atoms. The molecule has 0 bridgehead atoms. The normalized spacial score (nSPS) is 22.2. The van der Waals surface area contributed by atoms with E-state index in [9.17, 15) is 0 Å². The fourth-order valence-corrected chi connectivity index (χ4v) is 2.18. The molecule has 5 nitrogen and oxygen atoms in total. The van der Waals surface area contributed by atoms with Crippen molar-refractivity contribution < 1.29 is 9.26 Å². The second-order valence-electron chi connectivity index (χ2n) is 5.11. The molecule has 1 fully saturated rings. The van der Waals surface area contributed by atoms with Crippen LogP contribution in [-0.4, -0.2) is 29.9 Å².